The van der Waals surface area contributed by atoms with E-state index in [9.17, 15) is 16.8 Å². The molecule has 1 unspecified atom stereocenters. The number of nitrogens with two attached hydrogens (primary N) is 1. The molecule has 108 valence electrons. The van der Waals surface area contributed by atoms with Gasteiger partial charge in [-0.3, -0.25) is 0 Å². The second kappa shape index (κ2) is 5.94. The molecule has 1 aromatic carbocycles. The van der Waals surface area contributed by atoms with Crippen LogP contribution in [0.4, 0.5) is 0 Å². The van der Waals surface area contributed by atoms with Crippen molar-refractivity contribution in [1.29, 1.82) is 0 Å². The molecule has 0 saturated carbocycles. The largest absolute Gasteiger partial charge is 0.380 e. The fourth-order valence-electron chi connectivity index (χ4n) is 1.48. The number of benzene rings is 1. The minimum Gasteiger partial charge on any atom is -0.380 e. The predicted octanol–water partition coefficient (Wildman–Crippen LogP) is -1.49. The first-order chi connectivity index (χ1) is 8.75. The van der Waals surface area contributed by atoms with Gasteiger partial charge < -0.3 is 10.2 Å². The predicted molar refractivity (Wildman–Crippen MR) is 67.2 cm³/mol. The van der Waals surface area contributed by atoms with E-state index in [0.29, 0.717) is 0 Å². The standard InChI is InChI=1S/C9H14N2O6S2/c10-18(14,15)9(8-4-2-1-3-5-8)19(16,17)11(6-12)7-13/h1-5,9,12-13H,6-7H2,(H2,10,14,15). The molecule has 0 aromatic heterocycles. The molecule has 1 atom stereocenters. The lowest BCUT2D eigenvalue weighted by atomic mass is 10.2. The van der Waals surface area contributed by atoms with E-state index >= 15 is 0 Å². The molecule has 0 bridgehead atoms. The molecule has 4 N–H and O–H groups in total. The first-order valence-corrected chi connectivity index (χ1v) is 8.13. The molecule has 0 radical (unpaired) electrons. The lowest BCUT2D eigenvalue weighted by molar-refractivity contribution is 0.0962. The molecule has 8 nitrogen and oxygen atoms in total. The molecule has 1 rings (SSSR count). The van der Waals surface area contributed by atoms with E-state index in [1.54, 1.807) is 6.07 Å². The maximum absolute atomic E-state index is 12.1. The Morgan fingerprint density at radius 3 is 1.89 bits per heavy atom. The van der Waals surface area contributed by atoms with Crippen LogP contribution >= 0.6 is 0 Å². The molecule has 0 heterocycles. The molecular weight excluding hydrogens is 296 g/mol. The summed E-state index contributed by atoms with van der Waals surface area (Å²) >= 11 is 0. The zero-order valence-corrected chi connectivity index (χ0v) is 11.4. The van der Waals surface area contributed by atoms with Crippen LogP contribution in [-0.4, -0.2) is 44.8 Å². The van der Waals surface area contributed by atoms with Crippen molar-refractivity contribution in [3.8, 4) is 0 Å². The van der Waals surface area contributed by atoms with Gasteiger partial charge in [-0.2, -0.15) is 4.31 Å². The molecule has 0 aliphatic rings. The summed E-state index contributed by atoms with van der Waals surface area (Å²) in [5, 5.41) is 22.7. The highest BCUT2D eigenvalue weighted by Crippen LogP contribution is 2.28. The van der Waals surface area contributed by atoms with Crippen molar-refractivity contribution in [2.75, 3.05) is 13.5 Å². The van der Waals surface area contributed by atoms with E-state index in [-0.39, 0.29) is 9.87 Å². The zero-order chi connectivity index (χ0) is 14.7. The van der Waals surface area contributed by atoms with E-state index in [1.165, 1.54) is 24.3 Å². The summed E-state index contributed by atoms with van der Waals surface area (Å²) in [6, 6.07) is 7.03. The fraction of sp³-hybridized carbons (Fsp3) is 0.333. The van der Waals surface area contributed by atoms with Crippen molar-refractivity contribution in [3.63, 3.8) is 0 Å². The Hall–Kier alpha value is -1.04. The quantitative estimate of drug-likeness (QED) is 0.547. The Bertz CT molecular complexity index is 609. The Morgan fingerprint density at radius 2 is 1.53 bits per heavy atom. The van der Waals surface area contributed by atoms with Crippen molar-refractivity contribution in [1.82, 2.24) is 4.31 Å². The van der Waals surface area contributed by atoms with Gasteiger partial charge in [0.1, 0.15) is 13.5 Å². The van der Waals surface area contributed by atoms with Crippen LogP contribution in [-0.2, 0) is 20.0 Å². The highest BCUT2D eigenvalue weighted by Gasteiger charge is 2.40. The number of hydrogen-bond acceptors (Lipinski definition) is 6. The molecule has 0 aliphatic heterocycles. The second-order valence-electron chi connectivity index (χ2n) is 3.61. The van der Waals surface area contributed by atoms with Crippen LogP contribution in [0.15, 0.2) is 30.3 Å². The minimum atomic E-state index is -4.55. The summed E-state index contributed by atoms with van der Waals surface area (Å²) in [6.45, 7) is -2.12. The third-order valence-corrected chi connectivity index (χ3v) is 6.48. The molecule has 19 heavy (non-hydrogen) atoms. The first kappa shape index (κ1) is 16.0. The van der Waals surface area contributed by atoms with E-state index < -0.39 is 38.1 Å². The van der Waals surface area contributed by atoms with Crippen LogP contribution in [0.3, 0.4) is 0 Å². The van der Waals surface area contributed by atoms with Gasteiger partial charge in [0.05, 0.1) is 0 Å². The van der Waals surface area contributed by atoms with Crippen molar-refractivity contribution < 1.29 is 27.0 Å². The van der Waals surface area contributed by atoms with Crippen LogP contribution in [0, 0.1) is 0 Å². The maximum Gasteiger partial charge on any atom is 0.241 e. The van der Waals surface area contributed by atoms with Gasteiger partial charge in [0.2, 0.25) is 24.6 Å². The van der Waals surface area contributed by atoms with Gasteiger partial charge >= 0.3 is 0 Å². The van der Waals surface area contributed by atoms with E-state index in [2.05, 4.69) is 0 Å². The van der Waals surface area contributed by atoms with Gasteiger partial charge in [0.15, 0.2) is 0 Å². The molecule has 0 spiro atoms. The maximum atomic E-state index is 12.1. The summed E-state index contributed by atoms with van der Waals surface area (Å²) in [5.41, 5.74) is -0.0723. The number of rotatable bonds is 6. The lowest BCUT2D eigenvalue weighted by Crippen LogP contribution is -2.40. The van der Waals surface area contributed by atoms with Gasteiger partial charge in [-0.15, -0.1) is 0 Å². The number of hydrogen-bond donors (Lipinski definition) is 3. The average Bonchev–Trinajstić information content (AvgIpc) is 2.29. The molecule has 0 aliphatic carbocycles. The number of nitrogens with zero attached hydrogens (tertiary/aromatic N) is 1. The van der Waals surface area contributed by atoms with Gasteiger partial charge in [-0.1, -0.05) is 30.3 Å². The number of aliphatic hydroxyl groups excluding tert-OH is 2. The molecule has 10 heteroatoms. The number of aliphatic hydroxyl groups is 2. The lowest BCUT2D eigenvalue weighted by Gasteiger charge is -2.23. The van der Waals surface area contributed by atoms with Crippen LogP contribution in [0.25, 0.3) is 0 Å². The summed E-state index contributed by atoms with van der Waals surface area (Å²) in [5.74, 6) is 0. The van der Waals surface area contributed by atoms with Crippen LogP contribution in [0.2, 0.25) is 0 Å². The van der Waals surface area contributed by atoms with Gasteiger partial charge in [-0.05, 0) is 5.56 Å². The Morgan fingerprint density at radius 1 is 1.05 bits per heavy atom. The summed E-state index contributed by atoms with van der Waals surface area (Å²) in [7, 11) is -9.05. The van der Waals surface area contributed by atoms with Gasteiger partial charge in [-0.25, -0.2) is 22.0 Å². The van der Waals surface area contributed by atoms with Crippen molar-refractivity contribution in [2.45, 2.75) is 4.58 Å². The van der Waals surface area contributed by atoms with E-state index in [4.69, 9.17) is 15.4 Å². The smallest absolute Gasteiger partial charge is 0.241 e. The SMILES string of the molecule is NS(=O)(=O)C(c1ccccc1)S(=O)(=O)N(CO)CO. The summed E-state index contributed by atoms with van der Waals surface area (Å²) in [6.07, 6.45) is 0. The Kier molecular flexibility index (Phi) is 5.01. The summed E-state index contributed by atoms with van der Waals surface area (Å²) in [4.78, 5) is 0. The van der Waals surface area contributed by atoms with Crippen molar-refractivity contribution >= 4 is 20.0 Å². The Labute approximate surface area is 111 Å². The van der Waals surface area contributed by atoms with Gasteiger partial charge in [0, 0.05) is 0 Å². The van der Waals surface area contributed by atoms with Crippen LogP contribution in [0.1, 0.15) is 10.1 Å². The average molecular weight is 310 g/mol. The van der Waals surface area contributed by atoms with Crippen molar-refractivity contribution in [3.05, 3.63) is 35.9 Å². The molecule has 0 amide bonds. The normalized spacial score (nSPS) is 14.5. The third kappa shape index (κ3) is 3.49. The third-order valence-electron chi connectivity index (χ3n) is 2.32. The number of primary sulfonamides is 1. The number of sulfonamides is 2. The zero-order valence-electron chi connectivity index (χ0n) is 9.75. The van der Waals surface area contributed by atoms with E-state index in [0.717, 1.165) is 0 Å². The Balaban J connectivity index is 3.44. The van der Waals surface area contributed by atoms with Crippen LogP contribution in [0.5, 0.6) is 0 Å². The van der Waals surface area contributed by atoms with Crippen LogP contribution < -0.4 is 5.14 Å². The van der Waals surface area contributed by atoms with Crippen molar-refractivity contribution in [2.24, 2.45) is 5.14 Å². The fourth-order valence-corrected chi connectivity index (χ4v) is 4.83. The molecule has 1 aromatic rings. The minimum absolute atomic E-state index is 0.0723. The molecule has 0 saturated heterocycles. The highest BCUT2D eigenvalue weighted by molar-refractivity contribution is 8.06. The highest BCUT2D eigenvalue weighted by atomic mass is 32.3. The first-order valence-electron chi connectivity index (χ1n) is 5.02. The second-order valence-corrected chi connectivity index (χ2v) is 7.58. The topological polar surface area (TPSA) is 138 Å². The van der Waals surface area contributed by atoms with Gasteiger partial charge in [0.25, 0.3) is 0 Å². The van der Waals surface area contributed by atoms with E-state index in [1.807, 2.05) is 0 Å². The monoisotopic (exact) mass is 310 g/mol. The molecular formula is C9H14N2O6S2. The molecule has 0 fully saturated rings. The summed E-state index contributed by atoms with van der Waals surface area (Å²) < 4.78 is 45.3.